The van der Waals surface area contributed by atoms with Gasteiger partial charge in [-0.3, -0.25) is 4.79 Å². The number of nitrogens with two attached hydrogens (primary N) is 2. The molecule has 0 rings (SSSR count). The van der Waals surface area contributed by atoms with Crippen molar-refractivity contribution in [2.45, 2.75) is 18.6 Å². The van der Waals surface area contributed by atoms with Crippen molar-refractivity contribution in [1.82, 2.24) is 0 Å². The molecule has 0 fully saturated rings. The van der Waals surface area contributed by atoms with Crippen LogP contribution >= 0.6 is 0 Å². The third kappa shape index (κ3) is 3.39. The Hall–Kier alpha value is -0.650. The van der Waals surface area contributed by atoms with E-state index in [0.717, 1.165) is 0 Å². The van der Waals surface area contributed by atoms with E-state index in [1.165, 1.54) is 0 Å². The number of hydrogen-bond donors (Lipinski definition) is 4. The van der Waals surface area contributed by atoms with E-state index in [0.29, 0.717) is 0 Å². The van der Waals surface area contributed by atoms with Crippen LogP contribution in [0.2, 0.25) is 0 Å². The maximum absolute atomic E-state index is 10.1. The van der Waals surface area contributed by atoms with Crippen LogP contribution in [0.5, 0.6) is 0 Å². The summed E-state index contributed by atoms with van der Waals surface area (Å²) in [5, 5.41) is 17.1. The van der Waals surface area contributed by atoms with Crippen LogP contribution in [0.25, 0.3) is 0 Å². The van der Waals surface area contributed by atoms with Gasteiger partial charge in [-0.2, -0.15) is 0 Å². The standard InChI is InChI=1S/C5H12N2O3/c6-2-3(8)1-4(7)5(9)10/h3-4,8H,1-2,6-7H2,(H,9,10)/t3-,4+/m1/s1. The highest BCUT2D eigenvalue weighted by atomic mass is 16.4. The Bertz CT molecular complexity index is 117. The number of carboxylic acid groups (broad SMARTS) is 1. The average Bonchev–Trinajstić information content (AvgIpc) is 1.87. The minimum absolute atomic E-state index is 0.00579. The summed E-state index contributed by atoms with van der Waals surface area (Å²) in [5.74, 6) is -1.12. The monoisotopic (exact) mass is 148 g/mol. The van der Waals surface area contributed by atoms with E-state index in [1.54, 1.807) is 0 Å². The van der Waals surface area contributed by atoms with E-state index in [4.69, 9.17) is 21.7 Å². The van der Waals surface area contributed by atoms with E-state index >= 15 is 0 Å². The smallest absolute Gasteiger partial charge is 0.320 e. The molecule has 10 heavy (non-hydrogen) atoms. The lowest BCUT2D eigenvalue weighted by Crippen LogP contribution is -2.36. The number of carboxylic acids is 1. The number of aliphatic carboxylic acids is 1. The van der Waals surface area contributed by atoms with Gasteiger partial charge in [0.2, 0.25) is 0 Å². The maximum Gasteiger partial charge on any atom is 0.320 e. The molecule has 0 aromatic rings. The quantitative estimate of drug-likeness (QED) is 0.372. The fourth-order valence-corrected chi connectivity index (χ4v) is 0.490. The molecule has 0 aliphatic carbocycles. The Kier molecular flexibility index (Phi) is 3.94. The summed E-state index contributed by atoms with van der Waals surface area (Å²) in [6, 6.07) is -1.02. The van der Waals surface area contributed by atoms with Crippen LogP contribution in [0.1, 0.15) is 6.42 Å². The van der Waals surface area contributed by atoms with E-state index in [9.17, 15) is 4.79 Å². The summed E-state index contributed by atoms with van der Waals surface area (Å²) in [6.07, 6.45) is -0.808. The van der Waals surface area contributed by atoms with Gasteiger partial charge in [0.1, 0.15) is 6.04 Å². The van der Waals surface area contributed by atoms with E-state index in [1.807, 2.05) is 0 Å². The van der Waals surface area contributed by atoms with Crippen LogP contribution in [-0.4, -0.2) is 34.9 Å². The van der Waals surface area contributed by atoms with Crippen LogP contribution in [0, 0.1) is 0 Å². The molecule has 0 aromatic heterocycles. The highest BCUT2D eigenvalue weighted by Crippen LogP contribution is 1.93. The summed E-state index contributed by atoms with van der Waals surface area (Å²) in [7, 11) is 0. The van der Waals surface area contributed by atoms with Crippen LogP contribution < -0.4 is 11.5 Å². The van der Waals surface area contributed by atoms with Crippen LogP contribution in [0.15, 0.2) is 0 Å². The molecule has 60 valence electrons. The highest BCUT2D eigenvalue weighted by molar-refractivity contribution is 5.73. The maximum atomic E-state index is 10.1. The molecule has 0 aliphatic heterocycles. The first kappa shape index (κ1) is 9.35. The molecule has 0 spiro atoms. The molecule has 0 amide bonds. The molecular weight excluding hydrogens is 136 g/mol. The Labute approximate surface area is 58.6 Å². The Morgan fingerprint density at radius 3 is 2.40 bits per heavy atom. The number of aliphatic hydroxyl groups excluding tert-OH is 1. The van der Waals surface area contributed by atoms with Crippen molar-refractivity contribution >= 4 is 5.97 Å². The summed E-state index contributed by atoms with van der Waals surface area (Å²) in [6.45, 7) is 0.0426. The Balaban J connectivity index is 3.56. The van der Waals surface area contributed by atoms with Gasteiger partial charge in [-0.15, -0.1) is 0 Å². The molecule has 0 radical (unpaired) electrons. The molecule has 2 atom stereocenters. The topological polar surface area (TPSA) is 110 Å². The van der Waals surface area contributed by atoms with Gasteiger partial charge < -0.3 is 21.7 Å². The molecule has 5 heteroatoms. The van der Waals surface area contributed by atoms with Gasteiger partial charge in [0, 0.05) is 13.0 Å². The van der Waals surface area contributed by atoms with Gasteiger partial charge in [-0.1, -0.05) is 0 Å². The van der Waals surface area contributed by atoms with Gasteiger partial charge in [0.25, 0.3) is 0 Å². The zero-order valence-corrected chi connectivity index (χ0v) is 5.53. The predicted octanol–water partition coefficient (Wildman–Crippen LogP) is -1.89. The minimum Gasteiger partial charge on any atom is -0.480 e. The van der Waals surface area contributed by atoms with Crippen molar-refractivity contribution in [3.8, 4) is 0 Å². The second-order valence-electron chi connectivity index (χ2n) is 2.07. The average molecular weight is 148 g/mol. The molecule has 0 unspecified atom stereocenters. The summed E-state index contributed by atoms with van der Waals surface area (Å²) < 4.78 is 0. The van der Waals surface area contributed by atoms with E-state index in [-0.39, 0.29) is 13.0 Å². The molecule has 5 nitrogen and oxygen atoms in total. The minimum atomic E-state index is -1.12. The van der Waals surface area contributed by atoms with Gasteiger partial charge in [-0.05, 0) is 0 Å². The number of hydrogen-bond acceptors (Lipinski definition) is 4. The SMILES string of the molecule is NC[C@H](O)C[C@H](N)C(=O)O. The van der Waals surface area contributed by atoms with Crippen molar-refractivity contribution in [3.63, 3.8) is 0 Å². The van der Waals surface area contributed by atoms with Crippen molar-refractivity contribution in [1.29, 1.82) is 0 Å². The Morgan fingerprint density at radius 1 is 1.60 bits per heavy atom. The number of aliphatic hydroxyl groups is 1. The van der Waals surface area contributed by atoms with Gasteiger partial charge >= 0.3 is 5.97 Å². The molecule has 0 saturated heterocycles. The van der Waals surface area contributed by atoms with Gasteiger partial charge in [0.05, 0.1) is 6.10 Å². The lowest BCUT2D eigenvalue weighted by atomic mass is 10.1. The normalized spacial score (nSPS) is 16.3. The first-order valence-electron chi connectivity index (χ1n) is 2.94. The second kappa shape index (κ2) is 4.21. The van der Waals surface area contributed by atoms with Crippen molar-refractivity contribution < 1.29 is 15.0 Å². The van der Waals surface area contributed by atoms with Crippen LogP contribution in [-0.2, 0) is 4.79 Å². The molecule has 0 heterocycles. The summed E-state index contributed by atoms with van der Waals surface area (Å²) >= 11 is 0. The lowest BCUT2D eigenvalue weighted by Gasteiger charge is -2.09. The number of rotatable bonds is 4. The zero-order chi connectivity index (χ0) is 8.15. The van der Waals surface area contributed by atoms with Crippen molar-refractivity contribution in [2.24, 2.45) is 11.5 Å². The van der Waals surface area contributed by atoms with Crippen molar-refractivity contribution in [3.05, 3.63) is 0 Å². The summed E-state index contributed by atoms with van der Waals surface area (Å²) in [5.41, 5.74) is 10.1. The van der Waals surface area contributed by atoms with Gasteiger partial charge in [-0.25, -0.2) is 0 Å². The second-order valence-corrected chi connectivity index (χ2v) is 2.07. The molecular formula is C5H12N2O3. The van der Waals surface area contributed by atoms with E-state index < -0.39 is 18.1 Å². The predicted molar refractivity (Wildman–Crippen MR) is 35.3 cm³/mol. The van der Waals surface area contributed by atoms with E-state index in [2.05, 4.69) is 0 Å². The van der Waals surface area contributed by atoms with Crippen LogP contribution in [0.4, 0.5) is 0 Å². The molecule has 0 bridgehead atoms. The first-order chi connectivity index (χ1) is 4.57. The fraction of sp³-hybridized carbons (Fsp3) is 0.800. The highest BCUT2D eigenvalue weighted by Gasteiger charge is 2.15. The third-order valence-electron chi connectivity index (χ3n) is 1.12. The molecule has 0 aliphatic rings. The lowest BCUT2D eigenvalue weighted by molar-refractivity contribution is -0.139. The third-order valence-corrected chi connectivity index (χ3v) is 1.12. The zero-order valence-electron chi connectivity index (χ0n) is 5.53. The largest absolute Gasteiger partial charge is 0.480 e. The number of carbonyl (C=O) groups is 1. The summed E-state index contributed by atoms with van der Waals surface area (Å²) in [4.78, 5) is 10.1. The molecule has 0 saturated carbocycles. The Morgan fingerprint density at radius 2 is 2.10 bits per heavy atom. The fourth-order valence-electron chi connectivity index (χ4n) is 0.490. The van der Waals surface area contributed by atoms with Gasteiger partial charge in [0.15, 0.2) is 0 Å². The molecule has 0 aromatic carbocycles. The van der Waals surface area contributed by atoms with Crippen molar-refractivity contribution in [2.75, 3.05) is 6.54 Å². The molecule has 6 N–H and O–H groups in total. The first-order valence-corrected chi connectivity index (χ1v) is 2.94. The van der Waals surface area contributed by atoms with Crippen LogP contribution in [0.3, 0.4) is 0 Å².